The Labute approximate surface area is 90.8 Å². The second kappa shape index (κ2) is 5.66. The van der Waals surface area contributed by atoms with Crippen LogP contribution in [0.4, 0.5) is 0 Å². The van der Waals surface area contributed by atoms with Crippen molar-refractivity contribution in [2.24, 2.45) is 0 Å². The fourth-order valence-electron chi connectivity index (χ4n) is 1.31. The van der Waals surface area contributed by atoms with Gasteiger partial charge in [0.05, 0.1) is 12.8 Å². The van der Waals surface area contributed by atoms with Gasteiger partial charge in [-0.3, -0.25) is 0 Å². The minimum atomic E-state index is -1.56. The Hall–Kier alpha value is -1.35. The van der Waals surface area contributed by atoms with Gasteiger partial charge in [-0.25, -0.2) is 4.68 Å². The highest BCUT2D eigenvalue weighted by atomic mass is 16.4. The molecule has 0 aliphatic carbocycles. The number of hydrogen-bond acceptors (Lipinski definition) is 7. The minimum Gasteiger partial charge on any atom is -0.394 e. The molecule has 4 N–H and O–H groups in total. The number of carbonyl (C=O) groups excluding carboxylic acids is 1. The number of rotatable bonds is 6. The van der Waals surface area contributed by atoms with Gasteiger partial charge >= 0.3 is 0 Å². The second-order valence-corrected chi connectivity index (χ2v) is 3.24. The molecule has 0 fully saturated rings. The van der Waals surface area contributed by atoms with Gasteiger partial charge in [-0.1, -0.05) is 5.21 Å². The molecule has 0 aliphatic rings. The van der Waals surface area contributed by atoms with E-state index in [0.717, 1.165) is 4.68 Å². The maximum absolute atomic E-state index is 10.5. The molecule has 0 unspecified atom stereocenters. The van der Waals surface area contributed by atoms with Crippen molar-refractivity contribution in [3.8, 4) is 0 Å². The number of aldehydes is 1. The van der Waals surface area contributed by atoms with E-state index in [1.807, 2.05) is 0 Å². The molecule has 1 aromatic rings. The molecule has 8 nitrogen and oxygen atoms in total. The third kappa shape index (κ3) is 2.61. The van der Waals surface area contributed by atoms with Gasteiger partial charge in [-0.15, -0.1) is 5.10 Å². The van der Waals surface area contributed by atoms with Crippen molar-refractivity contribution in [1.82, 2.24) is 15.0 Å². The average molecular weight is 231 g/mol. The maximum atomic E-state index is 10.5. The van der Waals surface area contributed by atoms with Gasteiger partial charge in [0.15, 0.2) is 6.29 Å². The van der Waals surface area contributed by atoms with Gasteiger partial charge < -0.3 is 25.2 Å². The smallest absolute Gasteiger partial charge is 0.150 e. The van der Waals surface area contributed by atoms with E-state index in [4.69, 9.17) is 5.11 Å². The largest absolute Gasteiger partial charge is 0.394 e. The summed E-state index contributed by atoms with van der Waals surface area (Å²) in [6.45, 7) is -0.696. The number of carbonyl (C=O) groups is 1. The molecule has 1 heterocycles. The highest BCUT2D eigenvalue weighted by Crippen LogP contribution is 2.17. The quantitative estimate of drug-likeness (QED) is 0.386. The van der Waals surface area contributed by atoms with Crippen LogP contribution in [0.2, 0.25) is 0 Å². The van der Waals surface area contributed by atoms with E-state index in [1.54, 1.807) is 0 Å². The summed E-state index contributed by atoms with van der Waals surface area (Å²) in [7, 11) is 0. The summed E-state index contributed by atoms with van der Waals surface area (Å²) in [5.74, 6) is 0. The van der Waals surface area contributed by atoms with Gasteiger partial charge in [0.25, 0.3) is 0 Å². The Kier molecular flexibility index (Phi) is 4.50. The van der Waals surface area contributed by atoms with Crippen molar-refractivity contribution in [2.75, 3.05) is 6.61 Å². The van der Waals surface area contributed by atoms with E-state index in [9.17, 15) is 20.1 Å². The zero-order chi connectivity index (χ0) is 12.1. The van der Waals surface area contributed by atoms with Crippen molar-refractivity contribution in [3.05, 3.63) is 12.4 Å². The Balaban J connectivity index is 2.92. The van der Waals surface area contributed by atoms with Crippen molar-refractivity contribution < 1.29 is 25.2 Å². The van der Waals surface area contributed by atoms with E-state index in [2.05, 4.69) is 10.3 Å². The monoisotopic (exact) mass is 231 g/mol. The average Bonchev–Trinajstić information content (AvgIpc) is 2.81. The van der Waals surface area contributed by atoms with Gasteiger partial charge in [0.1, 0.15) is 24.4 Å². The SMILES string of the molecule is O=C[C@H](O)[C@H]([C@H](O)[C@H](O)CO)n1ccnn1. The number of aliphatic hydroxyl groups excluding tert-OH is 4. The fourth-order valence-corrected chi connectivity index (χ4v) is 1.31. The Morgan fingerprint density at radius 3 is 2.50 bits per heavy atom. The Morgan fingerprint density at radius 1 is 1.38 bits per heavy atom. The molecule has 0 spiro atoms. The standard InChI is InChI=1S/C8H13N3O5/c12-3-5(14)7(8(16)6(15)4-13)11-2-1-9-10-11/h1-3,5-8,13-16H,4H2/t5-,6+,7+,8+/m0/s1. The number of aromatic nitrogens is 3. The summed E-state index contributed by atoms with van der Waals surface area (Å²) >= 11 is 0. The predicted molar refractivity (Wildman–Crippen MR) is 50.2 cm³/mol. The lowest BCUT2D eigenvalue weighted by atomic mass is 10.0. The molecular formula is C8H13N3O5. The summed E-state index contributed by atoms with van der Waals surface area (Å²) < 4.78 is 1.04. The number of hydrogen-bond donors (Lipinski definition) is 4. The third-order valence-corrected chi connectivity index (χ3v) is 2.17. The molecule has 1 rings (SSSR count). The molecule has 0 saturated carbocycles. The van der Waals surface area contributed by atoms with Crippen molar-refractivity contribution >= 4 is 6.29 Å². The molecule has 0 saturated heterocycles. The van der Waals surface area contributed by atoms with Crippen LogP contribution in [0, 0.1) is 0 Å². The maximum Gasteiger partial charge on any atom is 0.150 e. The second-order valence-electron chi connectivity index (χ2n) is 3.24. The normalized spacial score (nSPS) is 18.8. The third-order valence-electron chi connectivity index (χ3n) is 2.17. The minimum absolute atomic E-state index is 0.208. The molecule has 8 heteroatoms. The lowest BCUT2D eigenvalue weighted by Crippen LogP contribution is -2.43. The molecule has 1 aromatic heterocycles. The first-order chi connectivity index (χ1) is 7.61. The summed E-state index contributed by atoms with van der Waals surface area (Å²) in [5, 5.41) is 43.9. The first-order valence-electron chi connectivity index (χ1n) is 4.58. The van der Waals surface area contributed by atoms with E-state index in [0.29, 0.717) is 0 Å². The van der Waals surface area contributed by atoms with Crippen molar-refractivity contribution in [2.45, 2.75) is 24.4 Å². The number of nitrogens with zero attached hydrogens (tertiary/aromatic N) is 3. The molecular weight excluding hydrogens is 218 g/mol. The Morgan fingerprint density at radius 2 is 2.06 bits per heavy atom. The zero-order valence-corrected chi connectivity index (χ0v) is 8.29. The van der Waals surface area contributed by atoms with Gasteiger partial charge in [-0.05, 0) is 0 Å². The van der Waals surface area contributed by atoms with Crippen LogP contribution < -0.4 is 0 Å². The van der Waals surface area contributed by atoms with Crippen LogP contribution in [0.5, 0.6) is 0 Å². The van der Waals surface area contributed by atoms with E-state index in [1.165, 1.54) is 12.4 Å². The van der Waals surface area contributed by atoms with Crippen LogP contribution in [-0.4, -0.2) is 66.6 Å². The summed E-state index contributed by atoms with van der Waals surface area (Å²) in [6.07, 6.45) is -1.75. The summed E-state index contributed by atoms with van der Waals surface area (Å²) in [6, 6.07) is -1.19. The molecule has 0 aromatic carbocycles. The van der Waals surface area contributed by atoms with Gasteiger partial charge in [0, 0.05) is 6.20 Å². The van der Waals surface area contributed by atoms with Crippen molar-refractivity contribution in [3.63, 3.8) is 0 Å². The van der Waals surface area contributed by atoms with Crippen LogP contribution in [0.15, 0.2) is 12.4 Å². The predicted octanol–water partition coefficient (Wildman–Crippen LogP) is -2.91. The summed E-state index contributed by atoms with van der Waals surface area (Å²) in [4.78, 5) is 10.5. The zero-order valence-electron chi connectivity index (χ0n) is 8.29. The van der Waals surface area contributed by atoms with E-state index in [-0.39, 0.29) is 6.29 Å². The lowest BCUT2D eigenvalue weighted by molar-refractivity contribution is -0.123. The topological polar surface area (TPSA) is 129 Å². The van der Waals surface area contributed by atoms with Gasteiger partial charge in [-0.2, -0.15) is 0 Å². The van der Waals surface area contributed by atoms with Crippen molar-refractivity contribution in [1.29, 1.82) is 0 Å². The molecule has 16 heavy (non-hydrogen) atoms. The molecule has 0 radical (unpaired) electrons. The summed E-state index contributed by atoms with van der Waals surface area (Å²) in [5.41, 5.74) is 0. The molecule has 0 aliphatic heterocycles. The molecule has 4 atom stereocenters. The lowest BCUT2D eigenvalue weighted by Gasteiger charge is -2.27. The fraction of sp³-hybridized carbons (Fsp3) is 0.625. The molecule has 90 valence electrons. The van der Waals surface area contributed by atoms with Crippen LogP contribution in [0.1, 0.15) is 6.04 Å². The van der Waals surface area contributed by atoms with Crippen LogP contribution in [0.25, 0.3) is 0 Å². The first-order valence-corrected chi connectivity index (χ1v) is 4.58. The molecule has 0 bridgehead atoms. The van der Waals surface area contributed by atoms with Crippen LogP contribution in [0.3, 0.4) is 0 Å². The highest BCUT2D eigenvalue weighted by Gasteiger charge is 2.33. The van der Waals surface area contributed by atoms with E-state index < -0.39 is 31.0 Å². The van der Waals surface area contributed by atoms with Crippen LogP contribution in [-0.2, 0) is 4.79 Å². The Bertz CT molecular complexity index is 317. The van der Waals surface area contributed by atoms with Gasteiger partial charge in [0.2, 0.25) is 0 Å². The highest BCUT2D eigenvalue weighted by molar-refractivity contribution is 5.56. The molecule has 0 amide bonds. The van der Waals surface area contributed by atoms with E-state index >= 15 is 0 Å². The first kappa shape index (κ1) is 12.7. The number of aliphatic hydroxyl groups is 4. The van der Waals surface area contributed by atoms with Crippen LogP contribution >= 0.6 is 0 Å².